The van der Waals surface area contributed by atoms with Crippen LogP contribution in [0.4, 0.5) is 0 Å². The van der Waals surface area contributed by atoms with Crippen LogP contribution in [0, 0.1) is 0 Å². The molecule has 1 unspecified atom stereocenters. The number of hydrogen-bond donors (Lipinski definition) is 1. The largest absolute Gasteiger partial charge is 0.395 e. The molecule has 2 nitrogen and oxygen atoms in total. The Morgan fingerprint density at radius 3 is 1.48 bits per heavy atom. The second-order valence-electron chi connectivity index (χ2n) is 7.73. The van der Waals surface area contributed by atoms with Crippen LogP contribution in [0.5, 0.6) is 0 Å². The summed E-state index contributed by atoms with van der Waals surface area (Å²) in [4.78, 5) is 2.34. The molecule has 0 aliphatic rings. The summed E-state index contributed by atoms with van der Waals surface area (Å²) in [6.45, 7) is 17.1. The van der Waals surface area contributed by atoms with E-state index >= 15 is 0 Å². The molecule has 1 N–H and O–H groups in total. The van der Waals surface area contributed by atoms with Gasteiger partial charge in [-0.2, -0.15) is 0 Å². The maximum atomic E-state index is 9.54. The molecule has 1 atom stereocenters. The Morgan fingerprint density at radius 1 is 0.760 bits per heavy atom. The Kier molecular flexibility index (Phi) is 13.5. The Morgan fingerprint density at radius 2 is 1.16 bits per heavy atom. The van der Waals surface area contributed by atoms with Crippen molar-refractivity contribution >= 4 is 0 Å². The Labute approximate surface area is 157 Å². The van der Waals surface area contributed by atoms with Crippen LogP contribution in [0.15, 0.2) is 46.6 Å². The summed E-state index contributed by atoms with van der Waals surface area (Å²) >= 11 is 0. The van der Waals surface area contributed by atoms with Crippen molar-refractivity contribution < 1.29 is 5.11 Å². The number of hydrogen-bond acceptors (Lipinski definition) is 2. The number of aliphatic hydroxyl groups is 1. The summed E-state index contributed by atoms with van der Waals surface area (Å²) in [5, 5.41) is 9.54. The first-order valence-corrected chi connectivity index (χ1v) is 9.69. The minimum absolute atomic E-state index is 0.184. The van der Waals surface area contributed by atoms with Gasteiger partial charge in [-0.25, -0.2) is 0 Å². The van der Waals surface area contributed by atoms with Crippen LogP contribution in [-0.4, -0.2) is 35.7 Å². The summed E-state index contributed by atoms with van der Waals surface area (Å²) in [6, 6.07) is 0.184. The first-order chi connectivity index (χ1) is 11.8. The summed E-state index contributed by atoms with van der Waals surface area (Å²) in [7, 11) is 0. The molecule has 0 spiro atoms. The van der Waals surface area contributed by atoms with Crippen molar-refractivity contribution in [1.82, 2.24) is 4.90 Å². The van der Waals surface area contributed by atoms with Crippen LogP contribution in [0.2, 0.25) is 0 Å². The molecule has 0 amide bonds. The van der Waals surface area contributed by atoms with E-state index < -0.39 is 0 Å². The van der Waals surface area contributed by atoms with Crippen LogP contribution in [0.25, 0.3) is 0 Å². The quantitative estimate of drug-likeness (QED) is 0.434. The molecule has 0 aromatic rings. The predicted octanol–water partition coefficient (Wildman–Crippen LogP) is 6.05. The van der Waals surface area contributed by atoms with Crippen LogP contribution in [0.3, 0.4) is 0 Å². The molecule has 0 aliphatic carbocycles. The average Bonchev–Trinajstić information content (AvgIpc) is 2.53. The smallest absolute Gasteiger partial charge is 0.0584 e. The fourth-order valence-corrected chi connectivity index (χ4v) is 2.48. The molecule has 25 heavy (non-hydrogen) atoms. The van der Waals surface area contributed by atoms with E-state index in [1.807, 2.05) is 0 Å². The monoisotopic (exact) mass is 347 g/mol. The number of aliphatic hydroxyl groups excluding tert-OH is 1. The molecule has 0 saturated carbocycles. The van der Waals surface area contributed by atoms with E-state index in [0.29, 0.717) is 0 Å². The summed E-state index contributed by atoms with van der Waals surface area (Å²) in [5.41, 5.74) is 5.63. The number of rotatable bonds is 12. The van der Waals surface area contributed by atoms with Crippen LogP contribution >= 0.6 is 0 Å². The van der Waals surface area contributed by atoms with Gasteiger partial charge < -0.3 is 5.11 Å². The maximum absolute atomic E-state index is 9.54. The fraction of sp³-hybridized carbons (Fsp3) is 0.652. The topological polar surface area (TPSA) is 23.5 Å². The van der Waals surface area contributed by atoms with Gasteiger partial charge in [0.15, 0.2) is 0 Å². The van der Waals surface area contributed by atoms with Gasteiger partial charge in [0.2, 0.25) is 0 Å². The fourth-order valence-electron chi connectivity index (χ4n) is 2.48. The highest BCUT2D eigenvalue weighted by molar-refractivity contribution is 5.06. The third-order valence-electron chi connectivity index (χ3n) is 4.42. The average molecular weight is 348 g/mol. The van der Waals surface area contributed by atoms with Gasteiger partial charge >= 0.3 is 0 Å². The minimum Gasteiger partial charge on any atom is -0.395 e. The van der Waals surface area contributed by atoms with E-state index in [9.17, 15) is 5.11 Å². The van der Waals surface area contributed by atoms with E-state index in [0.717, 1.165) is 38.8 Å². The van der Waals surface area contributed by atoms with Crippen molar-refractivity contribution in [2.24, 2.45) is 0 Å². The molecular formula is C23H41NO. The summed E-state index contributed by atoms with van der Waals surface area (Å²) < 4.78 is 0. The molecular weight excluding hydrogens is 306 g/mol. The molecule has 144 valence electrons. The van der Waals surface area contributed by atoms with Crippen LogP contribution < -0.4 is 0 Å². The lowest BCUT2D eigenvalue weighted by Crippen LogP contribution is -2.36. The van der Waals surface area contributed by atoms with Gasteiger partial charge in [0.25, 0.3) is 0 Å². The SMILES string of the molecule is CC(C)=CCC/C(C)=C/CN(C/C=C(\C)CCC=C(C)C)C(C)CO. The normalized spacial score (nSPS) is 13.8. The van der Waals surface area contributed by atoms with Gasteiger partial charge in [0.05, 0.1) is 6.61 Å². The number of nitrogens with zero attached hydrogens (tertiary/aromatic N) is 1. The zero-order valence-corrected chi connectivity index (χ0v) is 17.7. The highest BCUT2D eigenvalue weighted by Gasteiger charge is 2.10. The van der Waals surface area contributed by atoms with Crippen LogP contribution in [-0.2, 0) is 0 Å². The van der Waals surface area contributed by atoms with Gasteiger partial charge in [0.1, 0.15) is 0 Å². The van der Waals surface area contributed by atoms with Crippen LogP contribution in [0.1, 0.15) is 74.1 Å². The molecule has 0 aliphatic heterocycles. The zero-order valence-electron chi connectivity index (χ0n) is 17.7. The molecule has 0 aromatic carbocycles. The lowest BCUT2D eigenvalue weighted by atomic mass is 10.1. The van der Waals surface area contributed by atoms with Gasteiger partial charge in [-0.1, -0.05) is 46.6 Å². The van der Waals surface area contributed by atoms with Crippen molar-refractivity contribution in [3.63, 3.8) is 0 Å². The highest BCUT2D eigenvalue weighted by Crippen LogP contribution is 2.10. The molecule has 0 fully saturated rings. The predicted molar refractivity (Wildman–Crippen MR) is 113 cm³/mol. The Bertz CT molecular complexity index is 434. The third kappa shape index (κ3) is 13.8. The molecule has 0 bridgehead atoms. The number of allylic oxidation sites excluding steroid dienone is 6. The standard InChI is InChI=1S/C23H41NO/c1-19(2)10-8-12-21(5)14-16-24(23(7)18-25)17-15-22(6)13-9-11-20(3)4/h10-11,14-15,23,25H,8-9,12-13,16-18H2,1-7H3/b21-14+,22-15+. The highest BCUT2D eigenvalue weighted by atomic mass is 16.3. The maximum Gasteiger partial charge on any atom is 0.0584 e. The third-order valence-corrected chi connectivity index (χ3v) is 4.42. The second kappa shape index (κ2) is 14.1. The van der Waals surface area contributed by atoms with Crippen molar-refractivity contribution in [1.29, 1.82) is 0 Å². The zero-order chi connectivity index (χ0) is 19.2. The van der Waals surface area contributed by atoms with E-state index in [1.165, 1.54) is 22.3 Å². The Balaban J connectivity index is 4.59. The lowest BCUT2D eigenvalue weighted by molar-refractivity contribution is 0.157. The van der Waals surface area contributed by atoms with Gasteiger partial charge in [-0.15, -0.1) is 0 Å². The first kappa shape index (κ1) is 23.9. The first-order valence-electron chi connectivity index (χ1n) is 9.69. The van der Waals surface area contributed by atoms with Gasteiger partial charge in [0, 0.05) is 19.1 Å². The molecule has 2 heteroatoms. The van der Waals surface area contributed by atoms with E-state index in [-0.39, 0.29) is 12.6 Å². The lowest BCUT2D eigenvalue weighted by Gasteiger charge is -2.25. The van der Waals surface area contributed by atoms with Gasteiger partial charge in [-0.05, 0) is 74.1 Å². The van der Waals surface area contributed by atoms with E-state index in [1.54, 1.807) is 0 Å². The van der Waals surface area contributed by atoms with Crippen molar-refractivity contribution in [3.8, 4) is 0 Å². The molecule has 0 rings (SSSR count). The molecule has 0 heterocycles. The van der Waals surface area contributed by atoms with Gasteiger partial charge in [-0.3, -0.25) is 4.90 Å². The van der Waals surface area contributed by atoms with Crippen molar-refractivity contribution in [2.45, 2.75) is 80.2 Å². The molecule has 0 radical (unpaired) electrons. The van der Waals surface area contributed by atoms with Crippen molar-refractivity contribution in [2.75, 3.05) is 19.7 Å². The second-order valence-corrected chi connectivity index (χ2v) is 7.73. The van der Waals surface area contributed by atoms with E-state index in [2.05, 4.69) is 77.7 Å². The van der Waals surface area contributed by atoms with E-state index in [4.69, 9.17) is 0 Å². The Hall–Kier alpha value is -1.12. The summed E-state index contributed by atoms with van der Waals surface area (Å²) in [5.74, 6) is 0. The summed E-state index contributed by atoms with van der Waals surface area (Å²) in [6.07, 6.45) is 13.7. The molecule has 0 aromatic heterocycles. The molecule has 0 saturated heterocycles. The van der Waals surface area contributed by atoms with Crippen molar-refractivity contribution in [3.05, 3.63) is 46.6 Å². The minimum atomic E-state index is 0.184.